The summed E-state index contributed by atoms with van der Waals surface area (Å²) in [5, 5.41) is 5.63. The van der Waals surface area contributed by atoms with Crippen molar-refractivity contribution in [3.8, 4) is 0 Å². The lowest BCUT2D eigenvalue weighted by atomic mass is 10.0. The first kappa shape index (κ1) is 22.3. The summed E-state index contributed by atoms with van der Waals surface area (Å²) in [6.45, 7) is 4.19. The van der Waals surface area contributed by atoms with Gasteiger partial charge in [0.2, 0.25) is 0 Å². The van der Waals surface area contributed by atoms with Gasteiger partial charge in [-0.3, -0.25) is 19.5 Å². The number of benzene rings is 1. The molecule has 2 atom stereocenters. The van der Waals surface area contributed by atoms with Crippen molar-refractivity contribution in [1.82, 2.24) is 25.4 Å². The van der Waals surface area contributed by atoms with Crippen molar-refractivity contribution in [1.29, 1.82) is 0 Å². The van der Waals surface area contributed by atoms with Crippen LogP contribution in [0.3, 0.4) is 0 Å². The van der Waals surface area contributed by atoms with Crippen molar-refractivity contribution in [3.63, 3.8) is 0 Å². The number of rotatable bonds is 5. The highest BCUT2D eigenvalue weighted by Gasteiger charge is 2.27. The summed E-state index contributed by atoms with van der Waals surface area (Å²) in [5.74, 6) is -0.819. The van der Waals surface area contributed by atoms with E-state index in [1.165, 1.54) is 24.4 Å². The molecule has 0 spiro atoms. The first-order valence-electron chi connectivity index (χ1n) is 10.9. The molecule has 0 saturated carbocycles. The molecule has 0 aliphatic carbocycles. The van der Waals surface area contributed by atoms with Crippen LogP contribution in [-0.4, -0.2) is 78.1 Å². The van der Waals surface area contributed by atoms with Crippen LogP contribution in [0.1, 0.15) is 32.8 Å². The minimum atomic E-state index is -1.13. The Labute approximate surface area is 185 Å². The summed E-state index contributed by atoms with van der Waals surface area (Å²) >= 11 is 0. The third-order valence-corrected chi connectivity index (χ3v) is 5.95. The molecule has 1 aromatic heterocycles. The second-order valence-corrected chi connectivity index (χ2v) is 8.22. The number of hydrogen-bond acceptors (Lipinski definition) is 5. The fourth-order valence-corrected chi connectivity index (χ4v) is 4.02. The molecule has 4 rings (SSSR count). The number of piperidine rings is 1. The lowest BCUT2D eigenvalue weighted by Crippen LogP contribution is -2.51. The molecule has 2 fully saturated rings. The van der Waals surface area contributed by atoms with Crippen LogP contribution in [0.2, 0.25) is 0 Å². The van der Waals surface area contributed by atoms with Crippen LogP contribution >= 0.6 is 0 Å². The van der Waals surface area contributed by atoms with Crippen LogP contribution in [0.15, 0.2) is 42.6 Å². The number of amides is 2. The Hall–Kier alpha value is -2.91. The van der Waals surface area contributed by atoms with Gasteiger partial charge in [-0.05, 0) is 42.8 Å². The van der Waals surface area contributed by atoms with Gasteiger partial charge in [0, 0.05) is 45.5 Å². The summed E-state index contributed by atoms with van der Waals surface area (Å²) in [6.07, 6.45) is 0.795. The van der Waals surface area contributed by atoms with E-state index in [9.17, 15) is 18.4 Å². The number of piperazine rings is 1. The average molecular weight is 443 g/mol. The van der Waals surface area contributed by atoms with Gasteiger partial charge in [0.05, 0.1) is 11.6 Å². The van der Waals surface area contributed by atoms with Crippen LogP contribution in [0.25, 0.3) is 0 Å². The number of nitrogens with zero attached hydrogens (tertiary/aromatic N) is 3. The number of nitrogens with one attached hydrogen (secondary N) is 2. The van der Waals surface area contributed by atoms with Gasteiger partial charge < -0.3 is 15.5 Å². The highest BCUT2D eigenvalue weighted by Crippen LogP contribution is 2.13. The van der Waals surface area contributed by atoms with Gasteiger partial charge in [0.15, 0.2) is 0 Å². The van der Waals surface area contributed by atoms with Crippen molar-refractivity contribution >= 4 is 11.8 Å². The van der Waals surface area contributed by atoms with E-state index in [1.54, 1.807) is 23.1 Å². The fraction of sp³-hybridized carbons (Fsp3) is 0.435. The van der Waals surface area contributed by atoms with E-state index >= 15 is 0 Å². The molecule has 2 amide bonds. The zero-order valence-electron chi connectivity index (χ0n) is 17.8. The Kier molecular flexibility index (Phi) is 7.06. The number of pyridine rings is 1. The Balaban J connectivity index is 1.28. The van der Waals surface area contributed by atoms with Gasteiger partial charge in [-0.1, -0.05) is 12.1 Å². The molecule has 9 heteroatoms. The fourth-order valence-electron chi connectivity index (χ4n) is 4.02. The van der Waals surface area contributed by atoms with Crippen LogP contribution in [-0.2, 0) is 6.54 Å². The maximum absolute atomic E-state index is 13.9. The Morgan fingerprint density at radius 2 is 1.84 bits per heavy atom. The zero-order chi connectivity index (χ0) is 22.5. The Morgan fingerprint density at radius 1 is 1.09 bits per heavy atom. The number of halogens is 2. The molecule has 2 aliphatic heterocycles. The second-order valence-electron chi connectivity index (χ2n) is 8.22. The first-order valence-corrected chi connectivity index (χ1v) is 10.9. The zero-order valence-corrected chi connectivity index (χ0v) is 17.8. The number of hydrogen-bond donors (Lipinski definition) is 2. The van der Waals surface area contributed by atoms with Gasteiger partial charge in [-0.15, -0.1) is 0 Å². The Morgan fingerprint density at radius 3 is 2.50 bits per heavy atom. The molecule has 0 unspecified atom stereocenters. The summed E-state index contributed by atoms with van der Waals surface area (Å²) in [4.78, 5) is 33.3. The quantitative estimate of drug-likeness (QED) is 0.734. The molecule has 2 saturated heterocycles. The van der Waals surface area contributed by atoms with E-state index in [-0.39, 0.29) is 24.0 Å². The van der Waals surface area contributed by atoms with Crippen molar-refractivity contribution < 1.29 is 18.4 Å². The topological polar surface area (TPSA) is 77.6 Å². The van der Waals surface area contributed by atoms with Gasteiger partial charge >= 0.3 is 0 Å². The highest BCUT2D eigenvalue weighted by atomic mass is 19.1. The molecule has 1 aromatic carbocycles. The molecule has 0 radical (unpaired) electrons. The minimum absolute atomic E-state index is 0.131. The monoisotopic (exact) mass is 443 g/mol. The third-order valence-electron chi connectivity index (χ3n) is 5.95. The molecule has 0 bridgehead atoms. The van der Waals surface area contributed by atoms with Gasteiger partial charge in [0.1, 0.15) is 17.7 Å². The molecule has 170 valence electrons. The van der Waals surface area contributed by atoms with Crippen LogP contribution < -0.4 is 10.6 Å². The number of aromatic nitrogens is 1. The predicted octanol–water partition coefficient (Wildman–Crippen LogP) is 1.61. The smallest absolute Gasteiger partial charge is 0.270 e. The molecule has 2 aliphatic rings. The molecule has 3 heterocycles. The maximum Gasteiger partial charge on any atom is 0.270 e. The molecular weight excluding hydrogens is 416 g/mol. The average Bonchev–Trinajstić information content (AvgIpc) is 2.82. The molecular formula is C23H27F2N5O2. The highest BCUT2D eigenvalue weighted by molar-refractivity contribution is 5.96. The number of carbonyl (C=O) groups is 2. The lowest BCUT2D eigenvalue weighted by molar-refractivity contribution is 0.0627. The van der Waals surface area contributed by atoms with E-state index in [2.05, 4.69) is 20.5 Å². The first-order chi connectivity index (χ1) is 15.5. The molecule has 2 N–H and O–H groups in total. The van der Waals surface area contributed by atoms with E-state index in [0.717, 1.165) is 18.7 Å². The normalized spacial score (nSPS) is 21.9. The standard InChI is InChI=1S/C23H27F2N5O2/c24-18-4-1-16(2-5-18)15-29-9-11-30(12-10-29)23(32)17-3-6-21(27-13-17)22(31)28-20-7-8-26-14-19(20)25/h1-6,13,19-20,26H,7-12,14-15H2,(H,28,31)/t19-,20+/m1/s1. The van der Waals surface area contributed by atoms with E-state index in [0.29, 0.717) is 38.2 Å². The SMILES string of the molecule is O=C(N[C@H]1CCNC[C@H]1F)c1ccc(C(=O)N2CCN(Cc3ccc(F)cc3)CC2)cn1. The second kappa shape index (κ2) is 10.1. The predicted molar refractivity (Wildman–Crippen MR) is 115 cm³/mol. The van der Waals surface area contributed by atoms with E-state index < -0.39 is 18.1 Å². The van der Waals surface area contributed by atoms with E-state index in [1.807, 2.05) is 0 Å². The number of carbonyl (C=O) groups excluding carboxylic acids is 2. The van der Waals surface area contributed by atoms with Crippen molar-refractivity contribution in [3.05, 3.63) is 65.2 Å². The van der Waals surface area contributed by atoms with Crippen LogP contribution in [0.4, 0.5) is 8.78 Å². The summed E-state index contributed by atoms with van der Waals surface area (Å²) in [6, 6.07) is 9.01. The maximum atomic E-state index is 13.9. The van der Waals surface area contributed by atoms with E-state index in [4.69, 9.17) is 0 Å². The van der Waals surface area contributed by atoms with Gasteiger partial charge in [0.25, 0.3) is 11.8 Å². The van der Waals surface area contributed by atoms with Crippen molar-refractivity contribution in [2.45, 2.75) is 25.2 Å². The lowest BCUT2D eigenvalue weighted by Gasteiger charge is -2.34. The molecule has 2 aromatic rings. The van der Waals surface area contributed by atoms with Gasteiger partial charge in [-0.25, -0.2) is 8.78 Å². The molecule has 32 heavy (non-hydrogen) atoms. The van der Waals surface area contributed by atoms with Crippen molar-refractivity contribution in [2.75, 3.05) is 39.3 Å². The minimum Gasteiger partial charge on any atom is -0.345 e. The third kappa shape index (κ3) is 5.46. The van der Waals surface area contributed by atoms with Crippen LogP contribution in [0.5, 0.6) is 0 Å². The number of alkyl halides is 1. The largest absolute Gasteiger partial charge is 0.345 e. The summed E-state index contributed by atoms with van der Waals surface area (Å²) < 4.78 is 27.0. The summed E-state index contributed by atoms with van der Waals surface area (Å²) in [5.41, 5.74) is 1.61. The molecule has 7 nitrogen and oxygen atoms in total. The van der Waals surface area contributed by atoms with Crippen LogP contribution in [0, 0.1) is 5.82 Å². The summed E-state index contributed by atoms with van der Waals surface area (Å²) in [7, 11) is 0. The Bertz CT molecular complexity index is 930. The van der Waals surface area contributed by atoms with Crippen molar-refractivity contribution in [2.24, 2.45) is 0 Å². The van der Waals surface area contributed by atoms with Gasteiger partial charge in [-0.2, -0.15) is 0 Å².